The summed E-state index contributed by atoms with van der Waals surface area (Å²) in [6, 6.07) is 9.37. The third-order valence-corrected chi connectivity index (χ3v) is 4.39. The summed E-state index contributed by atoms with van der Waals surface area (Å²) in [6.07, 6.45) is 1.77. The van der Waals surface area contributed by atoms with Crippen molar-refractivity contribution in [3.63, 3.8) is 0 Å². The van der Waals surface area contributed by atoms with Crippen molar-refractivity contribution in [2.24, 2.45) is 0 Å². The molecule has 0 saturated carbocycles. The van der Waals surface area contributed by atoms with Crippen LogP contribution in [0.2, 0.25) is 5.02 Å². The summed E-state index contributed by atoms with van der Waals surface area (Å²) in [6.45, 7) is 0. The van der Waals surface area contributed by atoms with Crippen LogP contribution in [0, 0.1) is 0 Å². The number of hydrogen-bond acceptors (Lipinski definition) is 3. The number of thioether (sulfide) groups is 1. The summed E-state index contributed by atoms with van der Waals surface area (Å²) >= 11 is 11.0. The number of nitrogens with zero attached hydrogens (tertiary/aromatic N) is 1. The molecule has 0 aliphatic rings. The maximum atomic E-state index is 5.94. The summed E-state index contributed by atoms with van der Waals surface area (Å²) < 4.78 is 0.991. The minimum atomic E-state index is 0.704. The Hall–Kier alpha value is -0.710. The van der Waals surface area contributed by atoms with Crippen LogP contribution in [0.5, 0.6) is 0 Å². The van der Waals surface area contributed by atoms with E-state index in [2.05, 4.69) is 20.9 Å². The van der Waals surface area contributed by atoms with Crippen LogP contribution in [0.15, 0.2) is 46.0 Å². The molecule has 0 atom stereocenters. The average molecular weight is 330 g/mol. The Bertz CT molecular complexity index is 534. The molecule has 0 saturated heterocycles. The molecule has 1 heterocycles. The van der Waals surface area contributed by atoms with Gasteiger partial charge in [0, 0.05) is 27.1 Å². The number of nitrogen functional groups attached to an aromatic ring is 1. The molecule has 2 nitrogen and oxygen atoms in total. The maximum absolute atomic E-state index is 5.94. The molecule has 0 spiro atoms. The Morgan fingerprint density at radius 1 is 1.35 bits per heavy atom. The van der Waals surface area contributed by atoms with Gasteiger partial charge in [-0.05, 0) is 51.8 Å². The van der Waals surface area contributed by atoms with Crippen LogP contribution < -0.4 is 5.73 Å². The lowest BCUT2D eigenvalue weighted by Crippen LogP contribution is -1.92. The minimum Gasteiger partial charge on any atom is -0.398 e. The van der Waals surface area contributed by atoms with Gasteiger partial charge in [-0.3, -0.25) is 0 Å². The molecule has 0 unspecified atom stereocenters. The summed E-state index contributed by atoms with van der Waals surface area (Å²) in [5.74, 6) is 0.752. The Kier molecular flexibility index (Phi) is 4.31. The molecular weight excluding hydrogens is 320 g/mol. The standard InChI is InChI=1S/C12H10BrClN2S/c13-10-2-1-5-16-12(10)17-7-8-6-9(14)3-4-11(8)15/h1-6H,7,15H2. The number of benzene rings is 1. The van der Waals surface area contributed by atoms with Crippen LogP contribution in [0.25, 0.3) is 0 Å². The van der Waals surface area contributed by atoms with E-state index in [-0.39, 0.29) is 0 Å². The first-order valence-corrected chi connectivity index (χ1v) is 7.09. The number of hydrogen-bond donors (Lipinski definition) is 1. The zero-order chi connectivity index (χ0) is 12.3. The van der Waals surface area contributed by atoms with Crippen molar-refractivity contribution >= 4 is 45.0 Å². The fraction of sp³-hybridized carbons (Fsp3) is 0.0833. The van der Waals surface area contributed by atoms with Crippen molar-refractivity contribution in [3.8, 4) is 0 Å². The van der Waals surface area contributed by atoms with Gasteiger partial charge in [-0.2, -0.15) is 0 Å². The topological polar surface area (TPSA) is 38.9 Å². The van der Waals surface area contributed by atoms with Gasteiger partial charge < -0.3 is 5.73 Å². The second-order valence-electron chi connectivity index (χ2n) is 3.42. The molecule has 0 fully saturated rings. The number of anilines is 1. The van der Waals surface area contributed by atoms with E-state index in [4.69, 9.17) is 17.3 Å². The van der Waals surface area contributed by atoms with Gasteiger partial charge in [-0.15, -0.1) is 11.8 Å². The van der Waals surface area contributed by atoms with E-state index in [1.54, 1.807) is 24.0 Å². The van der Waals surface area contributed by atoms with Crippen LogP contribution in [-0.2, 0) is 5.75 Å². The van der Waals surface area contributed by atoms with E-state index in [1.165, 1.54) is 0 Å². The van der Waals surface area contributed by atoms with E-state index >= 15 is 0 Å². The van der Waals surface area contributed by atoms with E-state index in [0.29, 0.717) is 5.02 Å². The highest BCUT2D eigenvalue weighted by Gasteiger charge is 2.05. The molecule has 5 heteroatoms. The second kappa shape index (κ2) is 5.76. The number of nitrogens with two attached hydrogens (primary N) is 1. The molecule has 2 rings (SSSR count). The summed E-state index contributed by atoms with van der Waals surface area (Å²) in [7, 11) is 0. The molecule has 1 aromatic carbocycles. The molecule has 0 amide bonds. The summed E-state index contributed by atoms with van der Waals surface area (Å²) in [5.41, 5.74) is 7.67. The SMILES string of the molecule is Nc1ccc(Cl)cc1CSc1ncccc1Br. The van der Waals surface area contributed by atoms with E-state index in [9.17, 15) is 0 Å². The largest absolute Gasteiger partial charge is 0.398 e. The molecular formula is C12H10BrClN2S. The Morgan fingerprint density at radius 2 is 2.18 bits per heavy atom. The lowest BCUT2D eigenvalue weighted by Gasteiger charge is -2.06. The average Bonchev–Trinajstić information content (AvgIpc) is 2.32. The van der Waals surface area contributed by atoms with Crippen LogP contribution in [-0.4, -0.2) is 4.98 Å². The molecule has 0 bridgehead atoms. The Balaban J connectivity index is 2.12. The van der Waals surface area contributed by atoms with Gasteiger partial charge in [0.15, 0.2) is 0 Å². The second-order valence-corrected chi connectivity index (χ2v) is 5.68. The molecule has 0 aliphatic heterocycles. The molecule has 2 aromatic rings. The molecule has 2 N–H and O–H groups in total. The fourth-order valence-electron chi connectivity index (χ4n) is 1.32. The Morgan fingerprint density at radius 3 is 2.94 bits per heavy atom. The van der Waals surface area contributed by atoms with Gasteiger partial charge in [0.25, 0.3) is 0 Å². The van der Waals surface area contributed by atoms with E-state index < -0.39 is 0 Å². The van der Waals surface area contributed by atoms with Crippen molar-refractivity contribution in [1.82, 2.24) is 4.98 Å². The van der Waals surface area contributed by atoms with Crippen LogP contribution >= 0.6 is 39.3 Å². The number of rotatable bonds is 3. The van der Waals surface area contributed by atoms with Crippen molar-refractivity contribution in [3.05, 3.63) is 51.6 Å². The van der Waals surface area contributed by atoms with Crippen LogP contribution in [0.1, 0.15) is 5.56 Å². The maximum Gasteiger partial charge on any atom is 0.110 e. The zero-order valence-electron chi connectivity index (χ0n) is 8.86. The van der Waals surface area contributed by atoms with E-state index in [0.717, 1.165) is 26.5 Å². The highest BCUT2D eigenvalue weighted by Crippen LogP contribution is 2.30. The first kappa shape index (κ1) is 12.7. The third-order valence-electron chi connectivity index (χ3n) is 2.19. The van der Waals surface area contributed by atoms with Crippen LogP contribution in [0.4, 0.5) is 5.69 Å². The van der Waals surface area contributed by atoms with Crippen LogP contribution in [0.3, 0.4) is 0 Å². The normalized spacial score (nSPS) is 10.5. The van der Waals surface area contributed by atoms with Crippen molar-refractivity contribution in [2.75, 3.05) is 5.73 Å². The van der Waals surface area contributed by atoms with Gasteiger partial charge >= 0.3 is 0 Å². The predicted molar refractivity (Wildman–Crippen MR) is 77.4 cm³/mol. The fourth-order valence-corrected chi connectivity index (χ4v) is 3.00. The summed E-state index contributed by atoms with van der Waals surface area (Å²) in [5, 5.41) is 1.65. The number of pyridine rings is 1. The van der Waals surface area contributed by atoms with Crippen molar-refractivity contribution in [1.29, 1.82) is 0 Å². The lowest BCUT2D eigenvalue weighted by molar-refractivity contribution is 1.11. The highest BCUT2D eigenvalue weighted by molar-refractivity contribution is 9.10. The third kappa shape index (κ3) is 3.37. The number of aromatic nitrogens is 1. The molecule has 17 heavy (non-hydrogen) atoms. The predicted octanol–water partition coefficient (Wildman–Crippen LogP) is 4.37. The molecule has 0 radical (unpaired) electrons. The van der Waals surface area contributed by atoms with Gasteiger partial charge in [0.2, 0.25) is 0 Å². The quantitative estimate of drug-likeness (QED) is 0.671. The first-order valence-electron chi connectivity index (χ1n) is 4.94. The monoisotopic (exact) mass is 328 g/mol. The van der Waals surface area contributed by atoms with Crippen molar-refractivity contribution in [2.45, 2.75) is 10.8 Å². The van der Waals surface area contributed by atoms with Gasteiger partial charge in [-0.1, -0.05) is 11.6 Å². The van der Waals surface area contributed by atoms with Gasteiger partial charge in [0.05, 0.1) is 0 Å². The number of halogens is 2. The lowest BCUT2D eigenvalue weighted by atomic mass is 10.2. The van der Waals surface area contributed by atoms with Gasteiger partial charge in [-0.25, -0.2) is 4.98 Å². The molecule has 0 aliphatic carbocycles. The minimum absolute atomic E-state index is 0.704. The highest BCUT2D eigenvalue weighted by atomic mass is 79.9. The molecule has 88 valence electrons. The molecule has 1 aromatic heterocycles. The van der Waals surface area contributed by atoms with Gasteiger partial charge in [0.1, 0.15) is 5.03 Å². The smallest absolute Gasteiger partial charge is 0.110 e. The Labute approximate surface area is 118 Å². The zero-order valence-corrected chi connectivity index (χ0v) is 12.0. The van der Waals surface area contributed by atoms with Crippen molar-refractivity contribution < 1.29 is 0 Å². The summed E-state index contributed by atoms with van der Waals surface area (Å²) in [4.78, 5) is 4.29. The first-order chi connectivity index (χ1) is 8.16. The van der Waals surface area contributed by atoms with E-state index in [1.807, 2.05) is 24.3 Å².